The minimum absolute atomic E-state index is 7.65. The second kappa shape index (κ2) is 4.26. The molecule has 0 saturated carbocycles. The zero-order valence-electron chi connectivity index (χ0n) is 8.29. The van der Waals surface area contributed by atoms with Gasteiger partial charge in [-0.05, 0) is 0 Å². The standard InChI is InChI=1S/C6F14/c7-1(4(12,13)14,2(8,9)5(15,16)17)3(10,11)6(18,19)20. The Morgan fingerprint density at radius 2 is 0.500 bits per heavy atom. The van der Waals surface area contributed by atoms with Crippen molar-refractivity contribution in [1.29, 1.82) is 0 Å². The molecule has 0 unspecified atom stereocenters. The van der Waals surface area contributed by atoms with E-state index in [2.05, 4.69) is 0 Å². The quantitative estimate of drug-likeness (QED) is 0.643. The van der Waals surface area contributed by atoms with Crippen molar-refractivity contribution < 1.29 is 61.5 Å². The molecule has 0 radical (unpaired) electrons. The van der Waals surface area contributed by atoms with E-state index < -0.39 is 36.0 Å². The molecule has 0 N–H and O–H groups in total. The Morgan fingerprint density at radius 1 is 0.300 bits per heavy atom. The molecule has 0 rings (SSSR count). The van der Waals surface area contributed by atoms with Crippen LogP contribution in [0.1, 0.15) is 0 Å². The van der Waals surface area contributed by atoms with Gasteiger partial charge in [-0.3, -0.25) is 0 Å². The number of halogens is 14. The molecule has 20 heavy (non-hydrogen) atoms. The predicted molar refractivity (Wildman–Crippen MR) is 31.9 cm³/mol. The first-order valence-corrected chi connectivity index (χ1v) is 3.90. The summed E-state index contributed by atoms with van der Waals surface area (Å²) in [6, 6.07) is 0. The summed E-state index contributed by atoms with van der Waals surface area (Å²) in [7, 11) is 0. The molecule has 0 aromatic rings. The molecule has 0 fully saturated rings. The smallest absolute Gasteiger partial charge is 0.219 e. The van der Waals surface area contributed by atoms with Gasteiger partial charge in [0, 0.05) is 0 Å². The van der Waals surface area contributed by atoms with Gasteiger partial charge in [-0.25, -0.2) is 4.39 Å². The molecule has 0 saturated heterocycles. The fourth-order valence-corrected chi connectivity index (χ4v) is 0.944. The minimum atomic E-state index is -8.22. The molecule has 14 heteroatoms. The molecule has 122 valence electrons. The molecule has 0 atom stereocenters. The first kappa shape index (κ1) is 19.0. The third kappa shape index (κ3) is 2.25. The highest BCUT2D eigenvalue weighted by atomic mass is 19.4. The van der Waals surface area contributed by atoms with E-state index in [4.69, 9.17) is 0 Å². The number of hydrogen-bond acceptors (Lipinski definition) is 0. The predicted octanol–water partition coefficient (Wildman–Crippen LogP) is 4.65. The summed E-state index contributed by atoms with van der Waals surface area (Å²) >= 11 is 0. The Morgan fingerprint density at radius 3 is 0.600 bits per heavy atom. The van der Waals surface area contributed by atoms with Gasteiger partial charge >= 0.3 is 36.0 Å². The second-order valence-corrected chi connectivity index (χ2v) is 3.30. The maximum absolute atomic E-state index is 12.8. The first-order chi connectivity index (χ1) is 8.25. The molecule has 0 aromatic heterocycles. The van der Waals surface area contributed by atoms with E-state index in [1.54, 1.807) is 0 Å². The summed E-state index contributed by atoms with van der Waals surface area (Å²) in [5.41, 5.74) is -8.22. The summed E-state index contributed by atoms with van der Waals surface area (Å²) < 4.78 is 167. The van der Waals surface area contributed by atoms with E-state index in [1.807, 2.05) is 0 Å². The SMILES string of the molecule is FC(F)(F)C(F)(F)C(F)(C(F)(F)F)C(F)(F)C(F)(F)F. The Bertz CT molecular complexity index is 325. The van der Waals surface area contributed by atoms with Gasteiger partial charge < -0.3 is 0 Å². The largest absolute Gasteiger partial charge is 0.457 e. The van der Waals surface area contributed by atoms with Crippen molar-refractivity contribution in [2.75, 3.05) is 0 Å². The molecule has 0 aliphatic rings. The van der Waals surface area contributed by atoms with Gasteiger partial charge in [0.1, 0.15) is 0 Å². The van der Waals surface area contributed by atoms with Gasteiger partial charge in [0.25, 0.3) is 0 Å². The van der Waals surface area contributed by atoms with Crippen LogP contribution in [-0.4, -0.2) is 36.0 Å². The van der Waals surface area contributed by atoms with Crippen molar-refractivity contribution in [2.45, 2.75) is 36.0 Å². The van der Waals surface area contributed by atoms with Gasteiger partial charge in [0.2, 0.25) is 0 Å². The molecule has 0 aromatic carbocycles. The van der Waals surface area contributed by atoms with Gasteiger partial charge in [-0.1, -0.05) is 0 Å². The van der Waals surface area contributed by atoms with E-state index in [9.17, 15) is 61.5 Å². The normalized spacial score (nSPS) is 16.5. The Hall–Kier alpha value is -0.980. The fourth-order valence-electron chi connectivity index (χ4n) is 0.944. The van der Waals surface area contributed by atoms with Crippen molar-refractivity contribution >= 4 is 0 Å². The fraction of sp³-hybridized carbons (Fsp3) is 1.00. The van der Waals surface area contributed by atoms with E-state index >= 15 is 0 Å². The van der Waals surface area contributed by atoms with Crippen LogP contribution >= 0.6 is 0 Å². The van der Waals surface area contributed by atoms with Gasteiger partial charge in [-0.2, -0.15) is 57.1 Å². The molecule has 0 heterocycles. The topological polar surface area (TPSA) is 0 Å². The maximum Gasteiger partial charge on any atom is 0.457 e. The Kier molecular flexibility index (Phi) is 4.05. The molecular weight excluding hydrogens is 338 g/mol. The Labute approximate surface area is 98.9 Å². The lowest BCUT2D eigenvalue weighted by atomic mass is 9.88. The summed E-state index contributed by atoms with van der Waals surface area (Å²) in [6.45, 7) is 0. The first-order valence-electron chi connectivity index (χ1n) is 3.90. The monoisotopic (exact) mass is 338 g/mol. The highest BCUT2D eigenvalue weighted by molar-refractivity contribution is 5.14. The van der Waals surface area contributed by atoms with Crippen molar-refractivity contribution in [3.63, 3.8) is 0 Å². The van der Waals surface area contributed by atoms with E-state index in [0.29, 0.717) is 0 Å². The van der Waals surface area contributed by atoms with E-state index in [-0.39, 0.29) is 0 Å². The summed E-state index contributed by atoms with van der Waals surface area (Å²) in [4.78, 5) is 0. The van der Waals surface area contributed by atoms with Crippen LogP contribution in [-0.2, 0) is 0 Å². The van der Waals surface area contributed by atoms with Crippen LogP contribution in [0.25, 0.3) is 0 Å². The number of hydrogen-bond donors (Lipinski definition) is 0. The zero-order chi connectivity index (χ0) is 17.0. The van der Waals surface area contributed by atoms with Gasteiger partial charge in [0.05, 0.1) is 0 Å². The molecule has 0 nitrogen and oxygen atoms in total. The van der Waals surface area contributed by atoms with E-state index in [1.165, 1.54) is 0 Å². The second-order valence-electron chi connectivity index (χ2n) is 3.30. The van der Waals surface area contributed by atoms with Crippen molar-refractivity contribution in [2.24, 2.45) is 0 Å². The molecular formula is C6F14. The number of rotatable bonds is 2. The average molecular weight is 338 g/mol. The maximum atomic E-state index is 12.8. The summed E-state index contributed by atoms with van der Waals surface area (Å²) in [5.74, 6) is -16.1. The van der Waals surface area contributed by atoms with Crippen LogP contribution in [0.4, 0.5) is 61.5 Å². The van der Waals surface area contributed by atoms with Crippen molar-refractivity contribution in [3.8, 4) is 0 Å². The summed E-state index contributed by atoms with van der Waals surface area (Å²) in [6.07, 6.45) is -23.2. The van der Waals surface area contributed by atoms with E-state index in [0.717, 1.165) is 0 Å². The van der Waals surface area contributed by atoms with Gasteiger partial charge in [-0.15, -0.1) is 0 Å². The highest BCUT2D eigenvalue weighted by Crippen LogP contribution is 2.62. The molecule has 0 aliphatic carbocycles. The molecule has 0 spiro atoms. The lowest BCUT2D eigenvalue weighted by Crippen LogP contribution is -2.73. The van der Waals surface area contributed by atoms with Crippen LogP contribution in [0.2, 0.25) is 0 Å². The number of alkyl halides is 14. The lowest BCUT2D eigenvalue weighted by Gasteiger charge is -2.40. The minimum Gasteiger partial charge on any atom is -0.219 e. The molecule has 0 bridgehead atoms. The zero-order valence-corrected chi connectivity index (χ0v) is 8.29. The highest BCUT2D eigenvalue weighted by Gasteiger charge is 2.94. The van der Waals surface area contributed by atoms with Crippen LogP contribution < -0.4 is 0 Å². The third-order valence-corrected chi connectivity index (χ3v) is 1.97. The van der Waals surface area contributed by atoms with Crippen molar-refractivity contribution in [3.05, 3.63) is 0 Å². The Balaban J connectivity index is 6.50. The van der Waals surface area contributed by atoms with Crippen LogP contribution in [0, 0.1) is 0 Å². The lowest BCUT2D eigenvalue weighted by molar-refractivity contribution is -0.458. The molecule has 0 aliphatic heterocycles. The van der Waals surface area contributed by atoms with Crippen LogP contribution in [0.15, 0.2) is 0 Å². The summed E-state index contributed by atoms with van der Waals surface area (Å²) in [5, 5.41) is 0. The third-order valence-electron chi connectivity index (χ3n) is 1.97. The van der Waals surface area contributed by atoms with Crippen LogP contribution in [0.5, 0.6) is 0 Å². The molecule has 0 amide bonds. The van der Waals surface area contributed by atoms with Crippen LogP contribution in [0.3, 0.4) is 0 Å². The van der Waals surface area contributed by atoms with Gasteiger partial charge in [0.15, 0.2) is 0 Å². The van der Waals surface area contributed by atoms with Crippen molar-refractivity contribution in [1.82, 2.24) is 0 Å². The average Bonchev–Trinajstić information content (AvgIpc) is 2.10.